The number of Topliss-reactive ketones (excluding diaryl/α,β-unsaturated/α-hetero) is 1. The summed E-state index contributed by atoms with van der Waals surface area (Å²) < 4.78 is 12.0. The second-order valence-electron chi connectivity index (χ2n) is 11.9. The molecule has 1 N–H and O–H groups in total. The summed E-state index contributed by atoms with van der Waals surface area (Å²) in [7, 11) is 0. The van der Waals surface area contributed by atoms with E-state index in [-0.39, 0.29) is 35.5 Å². The average Bonchev–Trinajstić information content (AvgIpc) is 3.23. The molecule has 0 bridgehead atoms. The zero-order valence-electron chi connectivity index (χ0n) is 20.5. The van der Waals surface area contributed by atoms with Crippen LogP contribution in [0.3, 0.4) is 0 Å². The highest BCUT2D eigenvalue weighted by atomic mass is 16.6. The van der Waals surface area contributed by atoms with Gasteiger partial charge in [-0.05, 0) is 77.2 Å². The predicted molar refractivity (Wildman–Crippen MR) is 123 cm³/mol. The largest absolute Gasteiger partial charge is 0.455 e. The third-order valence-corrected chi connectivity index (χ3v) is 10.9. The van der Waals surface area contributed by atoms with Crippen molar-refractivity contribution in [1.82, 2.24) is 0 Å². The Kier molecular flexibility index (Phi) is 4.40. The zero-order valence-corrected chi connectivity index (χ0v) is 20.5. The minimum absolute atomic E-state index is 0.000633. The third-order valence-electron chi connectivity index (χ3n) is 10.9. The number of carbonyl (C=O) groups excluding carboxylic acids is 3. The highest BCUT2D eigenvalue weighted by molar-refractivity contribution is 5.92. The number of hydrogen-bond acceptors (Lipinski definition) is 6. The molecule has 8 atom stereocenters. The summed E-state index contributed by atoms with van der Waals surface area (Å²) in [6.07, 6.45) is 9.50. The van der Waals surface area contributed by atoms with Gasteiger partial charge in [0.2, 0.25) is 0 Å². The number of rotatable bonds is 1. The van der Waals surface area contributed by atoms with Gasteiger partial charge in [0.1, 0.15) is 17.3 Å². The van der Waals surface area contributed by atoms with Crippen molar-refractivity contribution in [2.24, 2.45) is 28.6 Å². The summed E-state index contributed by atoms with van der Waals surface area (Å²) in [6, 6.07) is 0. The van der Waals surface area contributed by atoms with Gasteiger partial charge in [0.15, 0.2) is 5.60 Å². The van der Waals surface area contributed by atoms with Crippen LogP contribution in [0.25, 0.3) is 0 Å². The molecule has 0 radical (unpaired) electrons. The number of aliphatic hydroxyl groups is 1. The zero-order chi connectivity index (χ0) is 24.3. The Balaban J connectivity index is 1.40. The van der Waals surface area contributed by atoms with E-state index in [1.165, 1.54) is 0 Å². The van der Waals surface area contributed by atoms with E-state index < -0.39 is 28.1 Å². The second-order valence-corrected chi connectivity index (χ2v) is 11.9. The first-order valence-electron chi connectivity index (χ1n) is 12.7. The molecular weight excluding hydrogens is 432 g/mol. The van der Waals surface area contributed by atoms with Crippen molar-refractivity contribution in [3.63, 3.8) is 0 Å². The van der Waals surface area contributed by atoms with Gasteiger partial charge in [0.05, 0.1) is 11.0 Å². The second kappa shape index (κ2) is 6.71. The first kappa shape index (κ1) is 22.3. The van der Waals surface area contributed by atoms with Crippen LogP contribution in [0, 0.1) is 28.6 Å². The molecule has 4 aliphatic carbocycles. The first-order valence-corrected chi connectivity index (χ1v) is 12.7. The van der Waals surface area contributed by atoms with Gasteiger partial charge in [-0.2, -0.15) is 0 Å². The maximum atomic E-state index is 13.8. The van der Waals surface area contributed by atoms with Crippen molar-refractivity contribution >= 4 is 17.7 Å². The molecule has 6 nitrogen and oxygen atoms in total. The molecule has 0 amide bonds. The number of ether oxygens (including phenoxy) is 2. The summed E-state index contributed by atoms with van der Waals surface area (Å²) in [5.74, 6) is -0.917. The van der Waals surface area contributed by atoms with Crippen LogP contribution in [0.15, 0.2) is 34.9 Å². The van der Waals surface area contributed by atoms with Gasteiger partial charge < -0.3 is 14.6 Å². The quantitative estimate of drug-likeness (QED) is 0.588. The molecule has 6 rings (SSSR count). The lowest BCUT2D eigenvalue weighted by Gasteiger charge is -2.58. The van der Waals surface area contributed by atoms with E-state index in [0.29, 0.717) is 50.5 Å². The first-order chi connectivity index (χ1) is 16.0. The minimum atomic E-state index is -1.23. The van der Waals surface area contributed by atoms with Crippen molar-refractivity contribution in [1.29, 1.82) is 0 Å². The van der Waals surface area contributed by atoms with E-state index >= 15 is 0 Å². The Labute approximate surface area is 200 Å². The topological polar surface area (TPSA) is 89.9 Å². The van der Waals surface area contributed by atoms with Gasteiger partial charge in [-0.15, -0.1) is 0 Å². The summed E-state index contributed by atoms with van der Waals surface area (Å²) in [6.45, 7) is 7.62. The van der Waals surface area contributed by atoms with Gasteiger partial charge >= 0.3 is 11.9 Å². The standard InChI is InChI=1S/C28H34O6/c1-15-14-22(33-23(30)16(15)2)26(4)20-11-13-28(32)19-9-8-17-6-5-7-21(29)25(17,3)18(19)10-12-27(20,28)24(31)34-26/h5-6,8,18-20,22,32H,7,9-14H2,1-4H3. The van der Waals surface area contributed by atoms with Crippen LogP contribution in [0.1, 0.15) is 72.6 Å². The number of allylic oxidation sites excluding steroid dienone is 4. The maximum absolute atomic E-state index is 13.8. The van der Waals surface area contributed by atoms with E-state index in [2.05, 4.69) is 12.2 Å². The van der Waals surface area contributed by atoms with Gasteiger partial charge in [-0.3, -0.25) is 9.59 Å². The van der Waals surface area contributed by atoms with Crippen LogP contribution in [0.2, 0.25) is 0 Å². The lowest BCUT2D eigenvalue weighted by atomic mass is 9.45. The van der Waals surface area contributed by atoms with Crippen LogP contribution >= 0.6 is 0 Å². The molecule has 0 aromatic heterocycles. The van der Waals surface area contributed by atoms with Crippen LogP contribution in [-0.2, 0) is 23.9 Å². The molecule has 182 valence electrons. The van der Waals surface area contributed by atoms with E-state index in [1.54, 1.807) is 6.92 Å². The maximum Gasteiger partial charge on any atom is 0.334 e. The normalized spacial score (nSPS) is 49.6. The predicted octanol–water partition coefficient (Wildman–Crippen LogP) is 3.97. The Morgan fingerprint density at radius 1 is 1.06 bits per heavy atom. The van der Waals surface area contributed by atoms with Crippen molar-refractivity contribution < 1.29 is 29.0 Å². The summed E-state index contributed by atoms with van der Waals surface area (Å²) in [5, 5.41) is 12.4. The van der Waals surface area contributed by atoms with E-state index in [9.17, 15) is 19.5 Å². The van der Waals surface area contributed by atoms with Crippen LogP contribution in [-0.4, -0.2) is 40.1 Å². The lowest BCUT2D eigenvalue weighted by molar-refractivity contribution is -0.193. The molecule has 2 saturated carbocycles. The van der Waals surface area contributed by atoms with Crippen LogP contribution < -0.4 is 0 Å². The van der Waals surface area contributed by atoms with E-state index in [0.717, 1.165) is 11.1 Å². The molecule has 1 spiro atoms. The van der Waals surface area contributed by atoms with Crippen LogP contribution in [0.4, 0.5) is 0 Å². The minimum Gasteiger partial charge on any atom is -0.455 e. The Hall–Kier alpha value is -2.21. The molecule has 6 heteroatoms. The molecule has 34 heavy (non-hydrogen) atoms. The lowest BCUT2D eigenvalue weighted by Crippen LogP contribution is -2.64. The highest BCUT2D eigenvalue weighted by Gasteiger charge is 2.79. The third kappa shape index (κ3) is 2.34. The Bertz CT molecular complexity index is 1110. The molecular formula is C28H34O6. The van der Waals surface area contributed by atoms with E-state index in [4.69, 9.17) is 9.47 Å². The number of cyclic esters (lactones) is 2. The fraction of sp³-hybridized carbons (Fsp3) is 0.679. The fourth-order valence-electron chi connectivity index (χ4n) is 8.84. The molecule has 2 aliphatic heterocycles. The monoisotopic (exact) mass is 466 g/mol. The van der Waals surface area contributed by atoms with Crippen LogP contribution in [0.5, 0.6) is 0 Å². The highest BCUT2D eigenvalue weighted by Crippen LogP contribution is 2.72. The molecule has 3 fully saturated rings. The van der Waals surface area contributed by atoms with Crippen molar-refractivity contribution in [2.45, 2.75) is 89.9 Å². The molecule has 6 aliphatic rings. The SMILES string of the molecule is CC1=C(C)C(=O)OC(C2(C)OC(=O)C34CCC5C(CC=C6C=CCC(=O)C65C)C3(O)CCC24)C1. The molecule has 0 aromatic rings. The Morgan fingerprint density at radius 3 is 2.56 bits per heavy atom. The van der Waals surface area contributed by atoms with Crippen molar-refractivity contribution in [3.8, 4) is 0 Å². The smallest absolute Gasteiger partial charge is 0.334 e. The molecule has 8 unspecified atom stereocenters. The fourth-order valence-corrected chi connectivity index (χ4v) is 8.84. The van der Waals surface area contributed by atoms with Gasteiger partial charge in [0.25, 0.3) is 0 Å². The molecule has 1 saturated heterocycles. The number of hydrogen-bond donors (Lipinski definition) is 1. The van der Waals surface area contributed by atoms with Crippen molar-refractivity contribution in [2.75, 3.05) is 0 Å². The molecule has 0 aromatic carbocycles. The van der Waals surface area contributed by atoms with E-state index in [1.807, 2.05) is 26.8 Å². The Morgan fingerprint density at radius 2 is 1.82 bits per heavy atom. The summed E-state index contributed by atoms with van der Waals surface area (Å²) in [5.41, 5.74) is -1.21. The summed E-state index contributed by atoms with van der Waals surface area (Å²) >= 11 is 0. The summed E-state index contributed by atoms with van der Waals surface area (Å²) in [4.78, 5) is 39.5. The van der Waals surface area contributed by atoms with Gasteiger partial charge in [-0.25, -0.2) is 4.79 Å². The number of ketones is 1. The van der Waals surface area contributed by atoms with Gasteiger partial charge in [0, 0.05) is 24.3 Å². The number of fused-ring (bicyclic) bond motifs is 4. The number of esters is 2. The average molecular weight is 467 g/mol. The van der Waals surface area contributed by atoms with Gasteiger partial charge in [-0.1, -0.05) is 23.8 Å². The number of carbonyl (C=O) groups is 3. The van der Waals surface area contributed by atoms with Crippen molar-refractivity contribution in [3.05, 3.63) is 34.9 Å². The molecule has 2 heterocycles.